The van der Waals surface area contributed by atoms with Crippen LogP contribution in [0.15, 0.2) is 28.0 Å². The molecule has 0 saturated carbocycles. The minimum atomic E-state index is -0.210. The Hall–Kier alpha value is -2.27. The van der Waals surface area contributed by atoms with Gasteiger partial charge in [-0.25, -0.2) is 4.98 Å². The van der Waals surface area contributed by atoms with E-state index >= 15 is 0 Å². The van der Waals surface area contributed by atoms with Gasteiger partial charge in [0.25, 0.3) is 11.5 Å². The summed E-state index contributed by atoms with van der Waals surface area (Å²) >= 11 is 6.70. The zero-order chi connectivity index (χ0) is 24.2. The number of thiocarbonyl (C=S) groups is 1. The summed E-state index contributed by atoms with van der Waals surface area (Å²) in [5.74, 6) is 0.334. The van der Waals surface area contributed by atoms with Gasteiger partial charge in [-0.2, -0.15) is 0 Å². The van der Waals surface area contributed by atoms with Crippen molar-refractivity contribution in [2.24, 2.45) is 0 Å². The molecule has 2 fully saturated rings. The molecule has 0 spiro atoms. The van der Waals surface area contributed by atoms with Crippen molar-refractivity contribution in [3.8, 4) is 0 Å². The number of thioether (sulfide) groups is 1. The number of pyridine rings is 1. The van der Waals surface area contributed by atoms with E-state index in [1.807, 2.05) is 32.9 Å². The molecule has 10 heteroatoms. The molecule has 4 rings (SSSR count). The molecule has 2 aromatic rings. The lowest BCUT2D eigenvalue weighted by molar-refractivity contribution is -0.123. The van der Waals surface area contributed by atoms with Crippen molar-refractivity contribution in [3.05, 3.63) is 44.7 Å². The first kappa shape index (κ1) is 24.8. The van der Waals surface area contributed by atoms with Gasteiger partial charge < -0.3 is 10.1 Å². The zero-order valence-electron chi connectivity index (χ0n) is 19.9. The molecule has 2 aromatic heterocycles. The maximum absolute atomic E-state index is 13.5. The van der Waals surface area contributed by atoms with Crippen LogP contribution in [-0.2, 0) is 9.53 Å². The van der Waals surface area contributed by atoms with Gasteiger partial charge in [0.1, 0.15) is 15.8 Å². The number of rotatable bonds is 8. The van der Waals surface area contributed by atoms with Crippen LogP contribution in [0.1, 0.15) is 37.8 Å². The third kappa shape index (κ3) is 5.35. The second kappa shape index (κ2) is 11.0. The highest BCUT2D eigenvalue weighted by Gasteiger charge is 2.35. The second-order valence-electron chi connectivity index (χ2n) is 8.66. The number of amides is 1. The fourth-order valence-electron chi connectivity index (χ4n) is 4.03. The van der Waals surface area contributed by atoms with Crippen molar-refractivity contribution < 1.29 is 9.53 Å². The minimum Gasteiger partial charge on any atom is -0.379 e. The Kier molecular flexibility index (Phi) is 8.02. The molecular weight excluding hydrogens is 470 g/mol. The van der Waals surface area contributed by atoms with E-state index in [1.165, 1.54) is 16.2 Å². The molecule has 0 bridgehead atoms. The number of hydrogen-bond donors (Lipinski definition) is 1. The number of hydrogen-bond acceptors (Lipinski definition) is 8. The average molecular weight is 502 g/mol. The van der Waals surface area contributed by atoms with Crippen molar-refractivity contribution in [1.29, 1.82) is 0 Å². The van der Waals surface area contributed by atoms with Crippen LogP contribution in [0.25, 0.3) is 11.7 Å². The Balaban J connectivity index is 1.63. The van der Waals surface area contributed by atoms with Crippen LogP contribution < -0.4 is 10.9 Å². The summed E-state index contributed by atoms with van der Waals surface area (Å²) in [7, 11) is 0. The van der Waals surface area contributed by atoms with Crippen LogP contribution in [-0.4, -0.2) is 74.8 Å². The monoisotopic (exact) mass is 501 g/mol. The minimum absolute atomic E-state index is 0.00894. The van der Waals surface area contributed by atoms with E-state index in [0.29, 0.717) is 32.8 Å². The van der Waals surface area contributed by atoms with E-state index in [4.69, 9.17) is 21.9 Å². The van der Waals surface area contributed by atoms with Crippen molar-refractivity contribution >= 4 is 51.7 Å². The predicted molar refractivity (Wildman–Crippen MR) is 141 cm³/mol. The third-order valence-corrected chi connectivity index (χ3v) is 7.51. The fraction of sp³-hybridized carbons (Fsp3) is 0.500. The molecule has 1 amide bonds. The summed E-state index contributed by atoms with van der Waals surface area (Å²) in [6.45, 7) is 11.0. The fourth-order valence-corrected chi connectivity index (χ4v) is 5.48. The molecule has 2 aliphatic heterocycles. The van der Waals surface area contributed by atoms with Crippen LogP contribution in [0.5, 0.6) is 0 Å². The van der Waals surface area contributed by atoms with E-state index in [2.05, 4.69) is 10.2 Å². The van der Waals surface area contributed by atoms with Gasteiger partial charge in [-0.3, -0.25) is 23.8 Å². The highest BCUT2D eigenvalue weighted by atomic mass is 32.2. The molecule has 0 aliphatic carbocycles. The highest BCUT2D eigenvalue weighted by molar-refractivity contribution is 8.26. The summed E-state index contributed by atoms with van der Waals surface area (Å²) in [4.78, 5) is 35.7. The third-order valence-electron chi connectivity index (χ3n) is 6.18. The van der Waals surface area contributed by atoms with Gasteiger partial charge in [0.05, 0.1) is 23.7 Å². The van der Waals surface area contributed by atoms with Gasteiger partial charge >= 0.3 is 0 Å². The topological polar surface area (TPSA) is 79.2 Å². The normalized spacial score (nSPS) is 19.4. The molecule has 0 aromatic carbocycles. The summed E-state index contributed by atoms with van der Waals surface area (Å²) < 4.78 is 7.47. The number of anilines is 1. The van der Waals surface area contributed by atoms with Crippen LogP contribution in [0, 0.1) is 6.92 Å². The Morgan fingerprint density at radius 2 is 2.06 bits per heavy atom. The van der Waals surface area contributed by atoms with E-state index in [0.717, 1.165) is 51.3 Å². The Morgan fingerprint density at radius 3 is 2.79 bits per heavy atom. The first-order chi connectivity index (χ1) is 16.4. The molecule has 8 nitrogen and oxygen atoms in total. The SMILES string of the molecule is CC[C@H](C)N1C(=O)/C(=C/c2c(NCCCN3CCOCC3)nc3ccc(C)cn3c2=O)SC1=S. The van der Waals surface area contributed by atoms with E-state index in [1.54, 1.807) is 17.2 Å². The zero-order valence-corrected chi connectivity index (χ0v) is 21.5. The van der Waals surface area contributed by atoms with E-state index in [-0.39, 0.29) is 17.5 Å². The number of aryl methyl sites for hydroxylation is 1. The number of carbonyl (C=O) groups excluding carboxylic acids is 1. The molecular formula is C24H31N5O3S2. The quantitative estimate of drug-likeness (QED) is 0.336. The standard InChI is InChI=1S/C24H31N5O3S2/c1-4-17(3)29-23(31)19(34-24(29)33)14-18-21(25-8-5-9-27-10-12-32-13-11-27)26-20-7-6-16(2)15-28(20)22(18)30/h6-7,14-15,17,25H,4-5,8-13H2,1-3H3/b19-14-/t17-/m0/s1. The molecule has 2 aliphatic rings. The van der Waals surface area contributed by atoms with Crippen molar-refractivity contribution in [2.45, 2.75) is 39.7 Å². The second-order valence-corrected chi connectivity index (χ2v) is 10.3. The summed E-state index contributed by atoms with van der Waals surface area (Å²) in [6.07, 6.45) is 5.13. The van der Waals surface area contributed by atoms with Gasteiger partial charge in [-0.1, -0.05) is 37.0 Å². The molecule has 4 heterocycles. The number of morpholine rings is 1. The largest absolute Gasteiger partial charge is 0.379 e. The lowest BCUT2D eigenvalue weighted by Gasteiger charge is -2.26. The first-order valence-electron chi connectivity index (χ1n) is 11.7. The maximum atomic E-state index is 13.5. The average Bonchev–Trinajstić information content (AvgIpc) is 3.12. The van der Waals surface area contributed by atoms with Crippen molar-refractivity contribution in [2.75, 3.05) is 44.7 Å². The smallest absolute Gasteiger partial charge is 0.267 e. The van der Waals surface area contributed by atoms with Gasteiger partial charge in [0.2, 0.25) is 0 Å². The van der Waals surface area contributed by atoms with Gasteiger partial charge in [-0.05, 0) is 50.9 Å². The molecule has 0 unspecified atom stereocenters. The molecule has 34 heavy (non-hydrogen) atoms. The maximum Gasteiger partial charge on any atom is 0.267 e. The van der Waals surface area contributed by atoms with Crippen LogP contribution in [0.4, 0.5) is 5.82 Å². The molecule has 1 N–H and O–H groups in total. The molecule has 1 atom stereocenters. The molecule has 182 valence electrons. The van der Waals surface area contributed by atoms with E-state index < -0.39 is 0 Å². The van der Waals surface area contributed by atoms with Crippen LogP contribution in [0.3, 0.4) is 0 Å². The highest BCUT2D eigenvalue weighted by Crippen LogP contribution is 2.34. The van der Waals surface area contributed by atoms with Crippen LogP contribution >= 0.6 is 24.0 Å². The number of aromatic nitrogens is 2. The number of nitrogens with zero attached hydrogens (tertiary/aromatic N) is 4. The van der Waals surface area contributed by atoms with Gasteiger partial charge in [-0.15, -0.1) is 0 Å². The number of nitrogens with one attached hydrogen (secondary N) is 1. The Bertz CT molecular complexity index is 1170. The summed E-state index contributed by atoms with van der Waals surface area (Å²) in [5.41, 5.74) is 1.68. The first-order valence-corrected chi connectivity index (χ1v) is 13.0. The lowest BCUT2D eigenvalue weighted by Crippen LogP contribution is -2.37. The van der Waals surface area contributed by atoms with Gasteiger partial charge in [0.15, 0.2) is 0 Å². The summed E-state index contributed by atoms with van der Waals surface area (Å²) in [6, 6.07) is 3.78. The van der Waals surface area contributed by atoms with Crippen molar-refractivity contribution in [3.63, 3.8) is 0 Å². The van der Waals surface area contributed by atoms with Crippen molar-refractivity contribution in [1.82, 2.24) is 19.2 Å². The molecule has 0 radical (unpaired) electrons. The van der Waals surface area contributed by atoms with Gasteiger partial charge in [0, 0.05) is 31.9 Å². The Labute approximate surface area is 209 Å². The lowest BCUT2D eigenvalue weighted by atomic mass is 10.2. The Morgan fingerprint density at radius 1 is 1.29 bits per heavy atom. The summed E-state index contributed by atoms with van der Waals surface area (Å²) in [5, 5.41) is 3.35. The number of ether oxygens (including phenoxy) is 1. The number of carbonyl (C=O) groups is 1. The predicted octanol–water partition coefficient (Wildman–Crippen LogP) is 3.14. The number of fused-ring (bicyclic) bond motifs is 1. The molecule has 2 saturated heterocycles. The van der Waals surface area contributed by atoms with E-state index in [9.17, 15) is 9.59 Å². The van der Waals surface area contributed by atoms with Crippen LogP contribution in [0.2, 0.25) is 0 Å².